The van der Waals surface area contributed by atoms with Gasteiger partial charge in [0.15, 0.2) is 0 Å². The lowest BCUT2D eigenvalue weighted by Gasteiger charge is -2.23. The second-order valence-electron chi connectivity index (χ2n) is 5.45. The number of carbonyl (C=O) groups is 1. The molecule has 0 radical (unpaired) electrons. The molecule has 1 fully saturated rings. The molecule has 0 bridgehead atoms. The van der Waals surface area contributed by atoms with Crippen molar-refractivity contribution >= 4 is 11.7 Å². The van der Waals surface area contributed by atoms with E-state index in [2.05, 4.69) is 10.6 Å². The fourth-order valence-corrected chi connectivity index (χ4v) is 2.57. The van der Waals surface area contributed by atoms with E-state index < -0.39 is 0 Å². The summed E-state index contributed by atoms with van der Waals surface area (Å²) in [5.41, 5.74) is 0.855. The van der Waals surface area contributed by atoms with E-state index in [9.17, 15) is 9.59 Å². The molecule has 21 heavy (non-hydrogen) atoms. The average Bonchev–Trinajstić information content (AvgIpc) is 2.99. The quantitative estimate of drug-likeness (QED) is 0.888. The molecule has 0 spiro atoms. The summed E-state index contributed by atoms with van der Waals surface area (Å²) in [4.78, 5) is 24.2. The van der Waals surface area contributed by atoms with Crippen LogP contribution < -0.4 is 16.2 Å². The van der Waals surface area contributed by atoms with Crippen LogP contribution in [0.25, 0.3) is 0 Å². The molecule has 0 aromatic carbocycles. The fourth-order valence-electron chi connectivity index (χ4n) is 2.57. The average molecular weight is 293 g/mol. The summed E-state index contributed by atoms with van der Waals surface area (Å²) in [6.07, 6.45) is 4.54. The zero-order valence-electron chi connectivity index (χ0n) is 12.8. The van der Waals surface area contributed by atoms with Gasteiger partial charge in [-0.25, -0.2) is 4.79 Å². The predicted molar refractivity (Wildman–Crippen MR) is 81.6 cm³/mol. The molecule has 1 saturated heterocycles. The fraction of sp³-hybridized carbons (Fsp3) is 0.600. The molecular formula is C15H23N3O3. The maximum absolute atomic E-state index is 12.1. The monoisotopic (exact) mass is 293 g/mol. The van der Waals surface area contributed by atoms with Crippen LogP contribution in [0.4, 0.5) is 10.5 Å². The number of urea groups is 1. The van der Waals surface area contributed by atoms with Crippen molar-refractivity contribution in [3.8, 4) is 0 Å². The molecule has 0 saturated carbocycles. The van der Waals surface area contributed by atoms with E-state index in [-0.39, 0.29) is 23.7 Å². The van der Waals surface area contributed by atoms with Crippen molar-refractivity contribution in [1.29, 1.82) is 0 Å². The number of rotatable bonds is 4. The van der Waals surface area contributed by atoms with Gasteiger partial charge in [-0.15, -0.1) is 0 Å². The van der Waals surface area contributed by atoms with Gasteiger partial charge in [-0.05, 0) is 37.8 Å². The second-order valence-corrected chi connectivity index (χ2v) is 5.45. The Balaban J connectivity index is 2.04. The van der Waals surface area contributed by atoms with Crippen LogP contribution in [0.15, 0.2) is 17.1 Å². The third-order valence-corrected chi connectivity index (χ3v) is 3.89. The molecule has 1 aliphatic rings. The van der Waals surface area contributed by atoms with Gasteiger partial charge >= 0.3 is 6.03 Å². The molecule has 6 heteroatoms. The van der Waals surface area contributed by atoms with E-state index >= 15 is 0 Å². The van der Waals surface area contributed by atoms with Crippen molar-refractivity contribution in [1.82, 2.24) is 9.88 Å². The third-order valence-electron chi connectivity index (χ3n) is 3.89. The Kier molecular flexibility index (Phi) is 5.01. The first-order chi connectivity index (χ1) is 10.0. The number of amides is 2. The minimum Gasteiger partial charge on any atom is -0.376 e. The third kappa shape index (κ3) is 3.64. The molecule has 2 amide bonds. The van der Waals surface area contributed by atoms with Crippen LogP contribution in [0.1, 0.15) is 31.7 Å². The zero-order chi connectivity index (χ0) is 15.4. The van der Waals surface area contributed by atoms with E-state index in [4.69, 9.17) is 4.74 Å². The number of anilines is 1. The number of ether oxygens (including phenoxy) is 1. The summed E-state index contributed by atoms with van der Waals surface area (Å²) in [5.74, 6) is 0. The first-order valence-electron chi connectivity index (χ1n) is 7.38. The molecule has 2 atom stereocenters. The smallest absolute Gasteiger partial charge is 0.319 e. The number of nitrogens with zero attached hydrogens (tertiary/aromatic N) is 1. The van der Waals surface area contributed by atoms with Gasteiger partial charge < -0.3 is 19.9 Å². The van der Waals surface area contributed by atoms with Crippen molar-refractivity contribution < 1.29 is 9.53 Å². The van der Waals surface area contributed by atoms with E-state index in [1.807, 2.05) is 6.92 Å². The number of aromatic nitrogens is 1. The molecule has 116 valence electrons. The number of hydrogen-bond acceptors (Lipinski definition) is 3. The molecule has 2 N–H and O–H groups in total. The Hall–Kier alpha value is -1.82. The van der Waals surface area contributed by atoms with Gasteiger partial charge in [-0.1, -0.05) is 6.92 Å². The molecule has 0 unspecified atom stereocenters. The predicted octanol–water partition coefficient (Wildman–Crippen LogP) is 1.77. The van der Waals surface area contributed by atoms with Gasteiger partial charge in [0, 0.05) is 19.9 Å². The Labute approximate surface area is 124 Å². The molecule has 0 aliphatic carbocycles. The molecule has 1 aliphatic heterocycles. The van der Waals surface area contributed by atoms with E-state index in [0.717, 1.165) is 31.4 Å². The minimum atomic E-state index is -0.358. The lowest BCUT2D eigenvalue weighted by atomic mass is 10.1. The minimum absolute atomic E-state index is 0.0274. The summed E-state index contributed by atoms with van der Waals surface area (Å²) < 4.78 is 7.06. The Morgan fingerprint density at radius 3 is 2.95 bits per heavy atom. The van der Waals surface area contributed by atoms with E-state index in [0.29, 0.717) is 5.69 Å². The SMILES string of the molecule is CC[C@H](NC(=O)Nc1c(C)ccn(C)c1=O)[C@@H]1CCCO1. The maximum atomic E-state index is 12.1. The second kappa shape index (κ2) is 6.76. The van der Waals surface area contributed by atoms with E-state index in [1.165, 1.54) is 4.57 Å². The molecule has 1 aromatic heterocycles. The van der Waals surface area contributed by atoms with Crippen LogP contribution in [0, 0.1) is 6.92 Å². The molecule has 2 rings (SSSR count). The highest BCUT2D eigenvalue weighted by molar-refractivity contribution is 5.90. The summed E-state index contributed by atoms with van der Waals surface area (Å²) >= 11 is 0. The van der Waals surface area contributed by atoms with E-state index in [1.54, 1.807) is 26.2 Å². The topological polar surface area (TPSA) is 72.4 Å². The summed E-state index contributed by atoms with van der Waals surface area (Å²) in [6.45, 7) is 4.57. The number of hydrogen-bond donors (Lipinski definition) is 2. The van der Waals surface area contributed by atoms with Crippen molar-refractivity contribution in [3.63, 3.8) is 0 Å². The lowest BCUT2D eigenvalue weighted by molar-refractivity contribution is 0.0804. The van der Waals surface area contributed by atoms with Crippen molar-refractivity contribution in [2.45, 2.75) is 45.3 Å². The summed E-state index contributed by atoms with van der Waals surface area (Å²) in [6, 6.07) is 1.41. The molecular weight excluding hydrogens is 270 g/mol. The molecule has 6 nitrogen and oxygen atoms in total. The zero-order valence-corrected chi connectivity index (χ0v) is 12.8. The van der Waals surface area contributed by atoms with Crippen LogP contribution >= 0.6 is 0 Å². The Bertz CT molecular complexity index is 562. The maximum Gasteiger partial charge on any atom is 0.319 e. The van der Waals surface area contributed by atoms with Crippen LogP contribution in [0.3, 0.4) is 0 Å². The number of carbonyl (C=O) groups excluding carboxylic acids is 1. The van der Waals surface area contributed by atoms with Crippen molar-refractivity contribution in [2.24, 2.45) is 7.05 Å². The summed E-state index contributed by atoms with van der Waals surface area (Å²) in [7, 11) is 1.66. The highest BCUT2D eigenvalue weighted by atomic mass is 16.5. The number of pyridine rings is 1. The highest BCUT2D eigenvalue weighted by Gasteiger charge is 2.26. The van der Waals surface area contributed by atoms with Crippen LogP contribution in [-0.2, 0) is 11.8 Å². The van der Waals surface area contributed by atoms with Gasteiger partial charge in [0.2, 0.25) is 0 Å². The van der Waals surface area contributed by atoms with Crippen molar-refractivity contribution in [3.05, 3.63) is 28.2 Å². The van der Waals surface area contributed by atoms with Gasteiger partial charge in [0.05, 0.1) is 12.1 Å². The first-order valence-corrected chi connectivity index (χ1v) is 7.38. The van der Waals surface area contributed by atoms with Crippen LogP contribution in [-0.4, -0.2) is 29.4 Å². The van der Waals surface area contributed by atoms with Crippen molar-refractivity contribution in [2.75, 3.05) is 11.9 Å². The Morgan fingerprint density at radius 2 is 2.33 bits per heavy atom. The van der Waals surface area contributed by atoms with Gasteiger partial charge in [0.1, 0.15) is 5.69 Å². The lowest BCUT2D eigenvalue weighted by Crippen LogP contribution is -2.45. The highest BCUT2D eigenvalue weighted by Crippen LogP contribution is 2.17. The largest absolute Gasteiger partial charge is 0.376 e. The first kappa shape index (κ1) is 15.6. The number of nitrogens with one attached hydrogen (secondary N) is 2. The summed E-state index contributed by atoms with van der Waals surface area (Å²) in [5, 5.41) is 5.58. The molecule has 1 aromatic rings. The normalized spacial score (nSPS) is 19.3. The number of aryl methyl sites for hydroxylation is 2. The van der Waals surface area contributed by atoms with Crippen LogP contribution in [0.5, 0.6) is 0 Å². The standard InChI is InChI=1S/C15H23N3O3/c1-4-11(12-6-5-9-21-12)16-15(20)17-13-10(2)7-8-18(3)14(13)19/h7-8,11-12H,4-6,9H2,1-3H3,(H2,16,17,20)/t11-,12-/m0/s1. The molecule has 2 heterocycles. The van der Waals surface area contributed by atoms with Gasteiger partial charge in [-0.2, -0.15) is 0 Å². The van der Waals surface area contributed by atoms with Crippen LogP contribution in [0.2, 0.25) is 0 Å². The Morgan fingerprint density at radius 1 is 1.57 bits per heavy atom. The van der Waals surface area contributed by atoms with Gasteiger partial charge in [-0.3, -0.25) is 4.79 Å². The van der Waals surface area contributed by atoms with Gasteiger partial charge in [0.25, 0.3) is 5.56 Å².